The van der Waals surface area contributed by atoms with E-state index in [4.69, 9.17) is 9.97 Å². The molecule has 0 atom stereocenters. The average molecular weight is 321 g/mol. The number of thiophene rings is 1. The second-order valence-corrected chi connectivity index (χ2v) is 7.63. The second-order valence-electron chi connectivity index (χ2n) is 4.55. The van der Waals surface area contributed by atoms with Gasteiger partial charge in [-0.05, 0) is 24.8 Å². The molecule has 1 aliphatic rings. The van der Waals surface area contributed by atoms with E-state index in [0.717, 1.165) is 26.5 Å². The molecule has 2 aromatic heterocycles. The minimum absolute atomic E-state index is 0.849. The van der Waals surface area contributed by atoms with E-state index in [1.54, 1.807) is 23.5 Å². The Morgan fingerprint density at radius 1 is 1.10 bits per heavy atom. The summed E-state index contributed by atoms with van der Waals surface area (Å²) in [6.07, 6.45) is 7.48. The molecule has 0 aliphatic heterocycles. The topological polar surface area (TPSA) is 25.8 Å². The van der Waals surface area contributed by atoms with Crippen molar-refractivity contribution in [2.45, 2.75) is 29.4 Å². The third-order valence-corrected chi connectivity index (χ3v) is 6.18. The quantitative estimate of drug-likeness (QED) is 0.332. The summed E-state index contributed by atoms with van der Waals surface area (Å²) in [5.74, 6) is 1.74. The summed E-state index contributed by atoms with van der Waals surface area (Å²) in [5.41, 5.74) is 1.50. The summed E-state index contributed by atoms with van der Waals surface area (Å²) in [6, 6.07) is 0. The first-order valence-electron chi connectivity index (χ1n) is 6.63. The molecule has 3 rings (SSSR count). The average Bonchev–Trinajstić information content (AvgIpc) is 3.02. The van der Waals surface area contributed by atoms with Gasteiger partial charge in [-0.1, -0.05) is 23.9 Å². The van der Waals surface area contributed by atoms with Crippen LogP contribution in [0.3, 0.4) is 0 Å². The molecule has 0 N–H and O–H groups in total. The fraction of sp³-hybridized carbons (Fsp3) is 0.333. The van der Waals surface area contributed by atoms with Crippen molar-refractivity contribution in [1.29, 1.82) is 0 Å². The van der Waals surface area contributed by atoms with Crippen LogP contribution in [0.5, 0.6) is 0 Å². The highest BCUT2D eigenvalue weighted by Gasteiger charge is 2.22. The van der Waals surface area contributed by atoms with E-state index in [9.17, 15) is 0 Å². The second kappa shape index (κ2) is 6.33. The summed E-state index contributed by atoms with van der Waals surface area (Å²) in [6.45, 7) is 7.57. The molecule has 1 aliphatic carbocycles. The molecule has 2 nitrogen and oxygen atoms in total. The van der Waals surface area contributed by atoms with E-state index in [2.05, 4.69) is 13.2 Å². The fourth-order valence-electron chi connectivity index (χ4n) is 2.38. The molecule has 2 aromatic rings. The summed E-state index contributed by atoms with van der Waals surface area (Å²) in [5, 5.41) is 3.29. The van der Waals surface area contributed by atoms with Gasteiger partial charge in [0.15, 0.2) is 5.16 Å². The molecule has 0 aromatic carbocycles. The van der Waals surface area contributed by atoms with Crippen LogP contribution >= 0.6 is 34.9 Å². The van der Waals surface area contributed by atoms with Crippen molar-refractivity contribution in [3.05, 3.63) is 35.8 Å². The van der Waals surface area contributed by atoms with Crippen molar-refractivity contribution in [3.8, 4) is 0 Å². The molecule has 20 heavy (non-hydrogen) atoms. The molecule has 0 fully saturated rings. The highest BCUT2D eigenvalue weighted by Crippen LogP contribution is 2.41. The first kappa shape index (κ1) is 14.2. The van der Waals surface area contributed by atoms with Crippen LogP contribution in [-0.2, 0) is 12.8 Å². The maximum absolute atomic E-state index is 4.75. The van der Waals surface area contributed by atoms with Gasteiger partial charge in [0.05, 0.1) is 0 Å². The zero-order chi connectivity index (χ0) is 13.9. The van der Waals surface area contributed by atoms with Gasteiger partial charge in [0.2, 0.25) is 0 Å². The van der Waals surface area contributed by atoms with Crippen LogP contribution in [-0.4, -0.2) is 21.5 Å². The molecule has 5 heteroatoms. The molecule has 0 amide bonds. The Hall–Kier alpha value is -0.780. The minimum Gasteiger partial charge on any atom is -0.215 e. The first-order chi connectivity index (χ1) is 9.83. The predicted octanol–water partition coefficient (Wildman–Crippen LogP) is 4.74. The van der Waals surface area contributed by atoms with Crippen LogP contribution < -0.4 is 0 Å². The Morgan fingerprint density at radius 2 is 1.90 bits per heavy atom. The van der Waals surface area contributed by atoms with Crippen LogP contribution in [0.1, 0.15) is 16.9 Å². The van der Waals surface area contributed by atoms with Gasteiger partial charge in [-0.25, -0.2) is 9.97 Å². The Morgan fingerprint density at radius 3 is 2.70 bits per heavy atom. The minimum atomic E-state index is 0.849. The summed E-state index contributed by atoms with van der Waals surface area (Å²) < 4.78 is 0. The van der Waals surface area contributed by atoms with Gasteiger partial charge in [0.1, 0.15) is 9.86 Å². The van der Waals surface area contributed by atoms with Gasteiger partial charge in [-0.2, -0.15) is 0 Å². The van der Waals surface area contributed by atoms with Gasteiger partial charge in [-0.15, -0.1) is 36.3 Å². The molecule has 104 valence electrons. The molecule has 0 spiro atoms. The van der Waals surface area contributed by atoms with Crippen LogP contribution in [0.2, 0.25) is 0 Å². The molecule has 2 heterocycles. The number of rotatable bonds is 6. The van der Waals surface area contributed by atoms with E-state index in [1.165, 1.54) is 35.1 Å². The van der Waals surface area contributed by atoms with Gasteiger partial charge in [0.25, 0.3) is 0 Å². The maximum Gasteiger partial charge on any atom is 0.190 e. The monoisotopic (exact) mass is 320 g/mol. The van der Waals surface area contributed by atoms with Gasteiger partial charge in [-0.3, -0.25) is 0 Å². The fourth-order valence-corrected chi connectivity index (χ4v) is 5.20. The Labute approximate surface area is 131 Å². The summed E-state index contributed by atoms with van der Waals surface area (Å²) in [7, 11) is 0. The number of aromatic nitrogens is 2. The van der Waals surface area contributed by atoms with Crippen LogP contribution in [0.4, 0.5) is 0 Å². The molecule has 0 saturated carbocycles. The van der Waals surface area contributed by atoms with Crippen molar-refractivity contribution in [2.24, 2.45) is 0 Å². The lowest BCUT2D eigenvalue weighted by molar-refractivity contribution is 0.906. The van der Waals surface area contributed by atoms with Crippen molar-refractivity contribution in [2.75, 3.05) is 11.5 Å². The highest BCUT2D eigenvalue weighted by molar-refractivity contribution is 8.00. The van der Waals surface area contributed by atoms with Crippen molar-refractivity contribution < 1.29 is 0 Å². The van der Waals surface area contributed by atoms with E-state index in [-0.39, 0.29) is 0 Å². The number of aryl methyl sites for hydroxylation is 2. The van der Waals surface area contributed by atoms with E-state index in [1.807, 2.05) is 23.5 Å². The molecular weight excluding hydrogens is 304 g/mol. The van der Waals surface area contributed by atoms with E-state index < -0.39 is 0 Å². The third kappa shape index (κ3) is 2.67. The van der Waals surface area contributed by atoms with Crippen molar-refractivity contribution >= 4 is 45.1 Å². The Balaban J connectivity index is 2.08. The standard InChI is InChI=1S/C15H16N2S3/c1-3-8-18-13-12-10-6-5-7-11(10)20-14(12)17-15(16-13)19-9-4-2/h3-4H,1-2,5-9H2. The molecule has 0 unspecified atom stereocenters. The lowest BCUT2D eigenvalue weighted by Gasteiger charge is -2.05. The van der Waals surface area contributed by atoms with Crippen LogP contribution in [0, 0.1) is 0 Å². The predicted molar refractivity (Wildman–Crippen MR) is 91.3 cm³/mol. The van der Waals surface area contributed by atoms with Crippen molar-refractivity contribution in [1.82, 2.24) is 9.97 Å². The highest BCUT2D eigenvalue weighted by atomic mass is 32.2. The molecular formula is C15H16N2S3. The maximum atomic E-state index is 4.75. The largest absolute Gasteiger partial charge is 0.215 e. The first-order valence-corrected chi connectivity index (χ1v) is 9.42. The SMILES string of the molecule is C=CCSc1nc(SCC=C)c2c3c(sc2n1)CCC3. The lowest BCUT2D eigenvalue weighted by atomic mass is 10.2. The van der Waals surface area contributed by atoms with Crippen molar-refractivity contribution in [3.63, 3.8) is 0 Å². The zero-order valence-electron chi connectivity index (χ0n) is 11.2. The van der Waals surface area contributed by atoms with Gasteiger partial charge >= 0.3 is 0 Å². The molecule has 0 saturated heterocycles. The van der Waals surface area contributed by atoms with Crippen LogP contribution in [0.25, 0.3) is 10.2 Å². The van der Waals surface area contributed by atoms with Crippen LogP contribution in [0.15, 0.2) is 35.5 Å². The molecule has 0 bridgehead atoms. The lowest BCUT2D eigenvalue weighted by Crippen LogP contribution is -1.92. The summed E-state index contributed by atoms with van der Waals surface area (Å²) in [4.78, 5) is 12.1. The Bertz CT molecular complexity index is 661. The number of fused-ring (bicyclic) bond motifs is 3. The van der Waals surface area contributed by atoms with Gasteiger partial charge in [0, 0.05) is 21.8 Å². The molecule has 0 radical (unpaired) electrons. The zero-order valence-corrected chi connectivity index (χ0v) is 13.7. The number of nitrogens with zero attached hydrogens (tertiary/aromatic N) is 2. The van der Waals surface area contributed by atoms with Gasteiger partial charge < -0.3 is 0 Å². The van der Waals surface area contributed by atoms with E-state index in [0.29, 0.717) is 0 Å². The number of hydrogen-bond donors (Lipinski definition) is 0. The normalized spacial score (nSPS) is 13.6. The summed E-state index contributed by atoms with van der Waals surface area (Å²) >= 11 is 5.27. The number of thioether (sulfide) groups is 2. The third-order valence-electron chi connectivity index (χ3n) is 3.18. The Kier molecular flexibility index (Phi) is 4.48. The van der Waals surface area contributed by atoms with E-state index >= 15 is 0 Å². The smallest absolute Gasteiger partial charge is 0.190 e. The number of hydrogen-bond acceptors (Lipinski definition) is 5.